The van der Waals surface area contributed by atoms with Crippen molar-refractivity contribution in [3.05, 3.63) is 37.2 Å². The fraction of sp³-hybridized carbons (Fsp3) is 0. The molecule has 1 aromatic carbocycles. The third-order valence-electron chi connectivity index (χ3n) is 0.980. The SMILES string of the molecule is [CH2-]Oc1ccc(F)cc1.[Y]. The first-order valence-electron chi connectivity index (χ1n) is 2.50. The Hall–Kier alpha value is 0.0539. The number of rotatable bonds is 1. The number of ether oxygens (including phenoxy) is 1. The van der Waals surface area contributed by atoms with Crippen molar-refractivity contribution in [1.29, 1.82) is 0 Å². The summed E-state index contributed by atoms with van der Waals surface area (Å²) in [4.78, 5) is 0. The fourth-order valence-electron chi connectivity index (χ4n) is 0.531. The molecule has 0 aliphatic carbocycles. The Labute approximate surface area is 84.5 Å². The van der Waals surface area contributed by atoms with Crippen LogP contribution in [0.5, 0.6) is 5.75 Å². The van der Waals surface area contributed by atoms with E-state index >= 15 is 0 Å². The van der Waals surface area contributed by atoms with Crippen LogP contribution < -0.4 is 4.74 Å². The minimum absolute atomic E-state index is 0. The van der Waals surface area contributed by atoms with Gasteiger partial charge in [0, 0.05) is 32.7 Å². The van der Waals surface area contributed by atoms with E-state index in [1.54, 1.807) is 0 Å². The quantitative estimate of drug-likeness (QED) is 0.649. The van der Waals surface area contributed by atoms with Crippen molar-refractivity contribution >= 4 is 0 Å². The van der Waals surface area contributed by atoms with Gasteiger partial charge in [-0.1, -0.05) is 0 Å². The molecule has 1 radical (unpaired) electrons. The molecule has 0 fully saturated rings. The first kappa shape index (κ1) is 10.1. The maximum atomic E-state index is 12.1. The van der Waals surface area contributed by atoms with E-state index < -0.39 is 0 Å². The van der Waals surface area contributed by atoms with Gasteiger partial charge in [0.1, 0.15) is 5.82 Å². The van der Waals surface area contributed by atoms with Gasteiger partial charge >= 0.3 is 0 Å². The molecule has 51 valence electrons. The topological polar surface area (TPSA) is 9.23 Å². The summed E-state index contributed by atoms with van der Waals surface area (Å²) in [6.07, 6.45) is 0. The Balaban J connectivity index is 0.000000810. The maximum absolute atomic E-state index is 12.1. The molecule has 0 aliphatic rings. The summed E-state index contributed by atoms with van der Waals surface area (Å²) in [6.45, 7) is 0. The maximum Gasteiger partial charge on any atom is 0.123 e. The smallest absolute Gasteiger partial charge is 0.123 e. The molecule has 0 saturated heterocycles. The van der Waals surface area contributed by atoms with Crippen LogP contribution >= 0.6 is 0 Å². The third-order valence-corrected chi connectivity index (χ3v) is 0.980. The minimum atomic E-state index is -0.268. The molecule has 3 heteroatoms. The van der Waals surface area contributed by atoms with Gasteiger partial charge in [-0.2, -0.15) is 7.11 Å². The van der Waals surface area contributed by atoms with Crippen LogP contribution in [0, 0.1) is 12.9 Å². The van der Waals surface area contributed by atoms with Crippen LogP contribution in [0.25, 0.3) is 0 Å². The second-order valence-corrected chi connectivity index (χ2v) is 1.60. The van der Waals surface area contributed by atoms with Crippen LogP contribution in [-0.4, -0.2) is 0 Å². The van der Waals surface area contributed by atoms with Crippen molar-refractivity contribution in [3.63, 3.8) is 0 Å². The van der Waals surface area contributed by atoms with E-state index in [0.29, 0.717) is 5.75 Å². The molecule has 0 aromatic heterocycles. The van der Waals surface area contributed by atoms with Crippen molar-refractivity contribution in [1.82, 2.24) is 0 Å². The molecule has 0 unspecified atom stereocenters. The molecule has 0 saturated carbocycles. The van der Waals surface area contributed by atoms with E-state index in [0.717, 1.165) is 0 Å². The molecule has 0 heterocycles. The summed E-state index contributed by atoms with van der Waals surface area (Å²) in [7, 11) is 3.16. The second kappa shape index (κ2) is 4.81. The summed E-state index contributed by atoms with van der Waals surface area (Å²) in [6, 6.07) is 5.67. The molecular weight excluding hydrogens is 208 g/mol. The van der Waals surface area contributed by atoms with E-state index in [4.69, 9.17) is 0 Å². The molecule has 0 N–H and O–H groups in total. The van der Waals surface area contributed by atoms with Crippen LogP contribution in [-0.2, 0) is 32.7 Å². The summed E-state index contributed by atoms with van der Waals surface area (Å²) < 4.78 is 16.7. The van der Waals surface area contributed by atoms with E-state index in [9.17, 15) is 4.39 Å². The molecule has 0 aliphatic heterocycles. The number of halogens is 1. The van der Waals surface area contributed by atoms with E-state index in [-0.39, 0.29) is 38.5 Å². The zero-order chi connectivity index (χ0) is 6.69. The molecule has 1 rings (SSSR count). The second-order valence-electron chi connectivity index (χ2n) is 1.60. The fourth-order valence-corrected chi connectivity index (χ4v) is 0.531. The Morgan fingerprint density at radius 3 is 2.10 bits per heavy atom. The molecule has 1 aromatic rings. The first-order chi connectivity index (χ1) is 4.33. The van der Waals surface area contributed by atoms with Crippen LogP contribution in [0.15, 0.2) is 24.3 Å². The van der Waals surface area contributed by atoms with Gasteiger partial charge in [-0.05, 0) is 24.3 Å². The number of benzene rings is 1. The van der Waals surface area contributed by atoms with Gasteiger partial charge in [0.2, 0.25) is 0 Å². The number of hydrogen-bond acceptors (Lipinski definition) is 1. The normalized spacial score (nSPS) is 8.20. The predicted octanol–water partition coefficient (Wildman–Crippen LogP) is 1.99. The molecule has 0 bridgehead atoms. The first-order valence-corrected chi connectivity index (χ1v) is 2.50. The van der Waals surface area contributed by atoms with Gasteiger partial charge in [-0.15, -0.1) is 0 Å². The van der Waals surface area contributed by atoms with Gasteiger partial charge in [0.05, 0.1) is 5.75 Å². The zero-order valence-electron chi connectivity index (χ0n) is 5.38. The van der Waals surface area contributed by atoms with Crippen LogP contribution in [0.1, 0.15) is 0 Å². The van der Waals surface area contributed by atoms with E-state index in [2.05, 4.69) is 11.8 Å². The van der Waals surface area contributed by atoms with Crippen LogP contribution in [0.3, 0.4) is 0 Å². The van der Waals surface area contributed by atoms with Gasteiger partial charge in [0.15, 0.2) is 0 Å². The van der Waals surface area contributed by atoms with E-state index in [1.807, 2.05) is 0 Å². The van der Waals surface area contributed by atoms with Gasteiger partial charge in [-0.3, -0.25) is 0 Å². The summed E-state index contributed by atoms with van der Waals surface area (Å²) in [5.74, 6) is 0.298. The average Bonchev–Trinajstić information content (AvgIpc) is 1.90. The molecule has 10 heavy (non-hydrogen) atoms. The van der Waals surface area contributed by atoms with Gasteiger partial charge in [-0.25, -0.2) is 4.39 Å². The van der Waals surface area contributed by atoms with Crippen molar-refractivity contribution in [3.8, 4) is 5.75 Å². The molecule has 0 amide bonds. The standard InChI is InChI=1S/C7H6FO.Y/c1-9-7-4-2-6(8)3-5-7;/h2-5H,1H2;/q-1;. The summed E-state index contributed by atoms with van der Waals surface area (Å²) >= 11 is 0. The molecule has 1 nitrogen and oxygen atoms in total. The summed E-state index contributed by atoms with van der Waals surface area (Å²) in [5, 5.41) is 0. The zero-order valence-corrected chi connectivity index (χ0v) is 8.22. The molecule has 0 spiro atoms. The summed E-state index contributed by atoms with van der Waals surface area (Å²) in [5.41, 5.74) is 0. The van der Waals surface area contributed by atoms with Gasteiger partial charge < -0.3 is 4.74 Å². The Morgan fingerprint density at radius 2 is 1.70 bits per heavy atom. The minimum Gasteiger partial charge on any atom is -0.665 e. The van der Waals surface area contributed by atoms with Crippen LogP contribution in [0.4, 0.5) is 4.39 Å². The predicted molar refractivity (Wildman–Crippen MR) is 32.4 cm³/mol. The van der Waals surface area contributed by atoms with E-state index in [1.165, 1.54) is 24.3 Å². The van der Waals surface area contributed by atoms with Crippen molar-refractivity contribution in [2.45, 2.75) is 0 Å². The van der Waals surface area contributed by atoms with Gasteiger partial charge in [0.25, 0.3) is 0 Å². The number of hydrogen-bond donors (Lipinski definition) is 0. The largest absolute Gasteiger partial charge is 0.665 e. The Morgan fingerprint density at radius 1 is 1.20 bits per heavy atom. The van der Waals surface area contributed by atoms with Crippen molar-refractivity contribution < 1.29 is 41.8 Å². The monoisotopic (exact) mass is 214 g/mol. The average molecular weight is 214 g/mol. The van der Waals surface area contributed by atoms with Crippen molar-refractivity contribution in [2.75, 3.05) is 0 Å². The Bertz CT molecular complexity index is 185. The van der Waals surface area contributed by atoms with Crippen molar-refractivity contribution in [2.24, 2.45) is 0 Å². The molecular formula is C7H6FOY-. The Kier molecular flexibility index (Phi) is 4.83. The molecule has 0 atom stereocenters. The van der Waals surface area contributed by atoms with Crippen LogP contribution in [0.2, 0.25) is 0 Å². The third kappa shape index (κ3) is 2.76.